The highest BCUT2D eigenvalue weighted by Crippen LogP contribution is 2.25. The standard InChI is InChI=1S/C10H19NO2/c1-3-7(2)11-10(13)8-5-4-6-9(8)12/h7-9,12H,3-6H2,1-2H3,(H,11,13). The van der Waals surface area contributed by atoms with Crippen LogP contribution in [0, 0.1) is 5.92 Å². The highest BCUT2D eigenvalue weighted by molar-refractivity contribution is 5.79. The minimum Gasteiger partial charge on any atom is -0.392 e. The minimum atomic E-state index is -0.413. The van der Waals surface area contributed by atoms with Gasteiger partial charge < -0.3 is 10.4 Å². The molecule has 1 aliphatic carbocycles. The third-order valence-corrected chi connectivity index (χ3v) is 2.82. The zero-order valence-corrected chi connectivity index (χ0v) is 8.42. The second kappa shape index (κ2) is 4.61. The number of carbonyl (C=O) groups excluding carboxylic acids is 1. The molecule has 0 radical (unpaired) electrons. The summed E-state index contributed by atoms with van der Waals surface area (Å²) in [5.41, 5.74) is 0. The molecule has 1 aliphatic rings. The van der Waals surface area contributed by atoms with Crippen molar-refractivity contribution in [2.75, 3.05) is 0 Å². The van der Waals surface area contributed by atoms with Gasteiger partial charge >= 0.3 is 0 Å². The van der Waals surface area contributed by atoms with Crippen molar-refractivity contribution in [1.29, 1.82) is 0 Å². The van der Waals surface area contributed by atoms with Crippen molar-refractivity contribution in [3.63, 3.8) is 0 Å². The molecule has 0 spiro atoms. The van der Waals surface area contributed by atoms with Crippen LogP contribution < -0.4 is 5.32 Å². The molecule has 3 atom stereocenters. The van der Waals surface area contributed by atoms with E-state index in [2.05, 4.69) is 5.32 Å². The highest BCUT2D eigenvalue weighted by atomic mass is 16.3. The van der Waals surface area contributed by atoms with Gasteiger partial charge in [0.15, 0.2) is 0 Å². The van der Waals surface area contributed by atoms with E-state index >= 15 is 0 Å². The van der Waals surface area contributed by atoms with E-state index in [4.69, 9.17) is 0 Å². The Morgan fingerprint density at radius 3 is 2.77 bits per heavy atom. The number of rotatable bonds is 3. The molecule has 1 rings (SSSR count). The third kappa shape index (κ3) is 2.69. The summed E-state index contributed by atoms with van der Waals surface area (Å²) in [5.74, 6) is -0.131. The fourth-order valence-electron chi connectivity index (χ4n) is 1.70. The number of amides is 1. The molecule has 0 aliphatic heterocycles. The van der Waals surface area contributed by atoms with Crippen LogP contribution in [0.3, 0.4) is 0 Å². The van der Waals surface area contributed by atoms with E-state index in [1.54, 1.807) is 0 Å². The third-order valence-electron chi connectivity index (χ3n) is 2.82. The number of hydrogen-bond donors (Lipinski definition) is 2. The van der Waals surface area contributed by atoms with E-state index in [0.717, 1.165) is 25.7 Å². The maximum atomic E-state index is 11.6. The Morgan fingerprint density at radius 1 is 1.62 bits per heavy atom. The van der Waals surface area contributed by atoms with Crippen LogP contribution in [0.4, 0.5) is 0 Å². The number of carbonyl (C=O) groups is 1. The Kier molecular flexibility index (Phi) is 3.72. The summed E-state index contributed by atoms with van der Waals surface area (Å²) >= 11 is 0. The first kappa shape index (κ1) is 10.5. The van der Waals surface area contributed by atoms with Crippen LogP contribution in [-0.2, 0) is 4.79 Å². The van der Waals surface area contributed by atoms with Crippen LogP contribution in [0.25, 0.3) is 0 Å². The van der Waals surface area contributed by atoms with Gasteiger partial charge in [0.05, 0.1) is 12.0 Å². The average Bonchev–Trinajstić information content (AvgIpc) is 2.51. The molecule has 1 amide bonds. The van der Waals surface area contributed by atoms with Crippen molar-refractivity contribution in [3.05, 3.63) is 0 Å². The lowest BCUT2D eigenvalue weighted by Crippen LogP contribution is -2.39. The Bertz CT molecular complexity index is 182. The molecule has 2 N–H and O–H groups in total. The van der Waals surface area contributed by atoms with E-state index < -0.39 is 6.10 Å². The first-order chi connectivity index (χ1) is 6.15. The van der Waals surface area contributed by atoms with E-state index in [0.29, 0.717) is 0 Å². The lowest BCUT2D eigenvalue weighted by atomic mass is 10.0. The van der Waals surface area contributed by atoms with Gasteiger partial charge in [0, 0.05) is 6.04 Å². The monoisotopic (exact) mass is 185 g/mol. The molecule has 0 bridgehead atoms. The largest absolute Gasteiger partial charge is 0.392 e. The highest BCUT2D eigenvalue weighted by Gasteiger charge is 2.31. The molecule has 0 aromatic heterocycles. The van der Waals surface area contributed by atoms with Gasteiger partial charge in [-0.05, 0) is 32.6 Å². The molecule has 0 heterocycles. The quantitative estimate of drug-likeness (QED) is 0.690. The Balaban J connectivity index is 2.38. The molecule has 1 saturated carbocycles. The molecule has 0 aromatic carbocycles. The number of hydrogen-bond acceptors (Lipinski definition) is 2. The molecule has 3 heteroatoms. The molecule has 3 nitrogen and oxygen atoms in total. The van der Waals surface area contributed by atoms with Gasteiger partial charge in [-0.15, -0.1) is 0 Å². The van der Waals surface area contributed by atoms with Gasteiger partial charge in [-0.3, -0.25) is 4.79 Å². The molecule has 13 heavy (non-hydrogen) atoms. The van der Waals surface area contributed by atoms with Crippen molar-refractivity contribution < 1.29 is 9.90 Å². The van der Waals surface area contributed by atoms with Gasteiger partial charge in [0.1, 0.15) is 0 Å². The topological polar surface area (TPSA) is 49.3 Å². The zero-order chi connectivity index (χ0) is 9.84. The van der Waals surface area contributed by atoms with Gasteiger partial charge in [0.25, 0.3) is 0 Å². The summed E-state index contributed by atoms with van der Waals surface area (Å²) in [5, 5.41) is 12.4. The number of aliphatic hydroxyl groups is 1. The van der Waals surface area contributed by atoms with Crippen molar-refractivity contribution in [1.82, 2.24) is 5.32 Å². The Labute approximate surface area is 79.5 Å². The maximum absolute atomic E-state index is 11.6. The smallest absolute Gasteiger partial charge is 0.225 e. The Hall–Kier alpha value is -0.570. The first-order valence-corrected chi connectivity index (χ1v) is 5.13. The van der Waals surface area contributed by atoms with Crippen molar-refractivity contribution >= 4 is 5.91 Å². The van der Waals surface area contributed by atoms with Crippen molar-refractivity contribution in [2.45, 2.75) is 51.7 Å². The second-order valence-electron chi connectivity index (χ2n) is 3.92. The summed E-state index contributed by atoms with van der Waals surface area (Å²) < 4.78 is 0. The lowest BCUT2D eigenvalue weighted by Gasteiger charge is -2.17. The Morgan fingerprint density at radius 2 is 2.31 bits per heavy atom. The van der Waals surface area contributed by atoms with Gasteiger partial charge in [-0.25, -0.2) is 0 Å². The van der Waals surface area contributed by atoms with Crippen molar-refractivity contribution in [2.24, 2.45) is 5.92 Å². The predicted octanol–water partition coefficient (Wildman–Crippen LogP) is 1.06. The van der Waals surface area contributed by atoms with E-state index in [1.807, 2.05) is 13.8 Å². The van der Waals surface area contributed by atoms with Gasteiger partial charge in [-0.1, -0.05) is 6.92 Å². The van der Waals surface area contributed by atoms with Crippen LogP contribution in [-0.4, -0.2) is 23.2 Å². The van der Waals surface area contributed by atoms with Crippen LogP contribution >= 0.6 is 0 Å². The molecule has 1 fully saturated rings. The second-order valence-corrected chi connectivity index (χ2v) is 3.92. The maximum Gasteiger partial charge on any atom is 0.225 e. The van der Waals surface area contributed by atoms with Crippen LogP contribution in [0.5, 0.6) is 0 Å². The molecule has 3 unspecified atom stereocenters. The molecular weight excluding hydrogens is 166 g/mol. The van der Waals surface area contributed by atoms with Gasteiger partial charge in [-0.2, -0.15) is 0 Å². The van der Waals surface area contributed by atoms with Gasteiger partial charge in [0.2, 0.25) is 5.91 Å². The minimum absolute atomic E-state index is 0.0272. The first-order valence-electron chi connectivity index (χ1n) is 5.13. The summed E-state index contributed by atoms with van der Waals surface area (Å²) in [6, 6.07) is 0.222. The average molecular weight is 185 g/mol. The van der Waals surface area contributed by atoms with E-state index in [9.17, 15) is 9.90 Å². The summed E-state index contributed by atoms with van der Waals surface area (Å²) in [7, 11) is 0. The SMILES string of the molecule is CCC(C)NC(=O)C1CCCC1O. The summed E-state index contributed by atoms with van der Waals surface area (Å²) in [6.45, 7) is 4.02. The van der Waals surface area contributed by atoms with Crippen LogP contribution in [0.1, 0.15) is 39.5 Å². The molecule has 76 valence electrons. The fourth-order valence-corrected chi connectivity index (χ4v) is 1.70. The van der Waals surface area contributed by atoms with Crippen LogP contribution in [0.2, 0.25) is 0 Å². The molecule has 0 saturated heterocycles. The van der Waals surface area contributed by atoms with Crippen LogP contribution in [0.15, 0.2) is 0 Å². The lowest BCUT2D eigenvalue weighted by molar-refractivity contribution is -0.128. The molecular formula is C10H19NO2. The summed E-state index contributed by atoms with van der Waals surface area (Å²) in [4.78, 5) is 11.6. The number of aliphatic hydroxyl groups excluding tert-OH is 1. The fraction of sp³-hybridized carbons (Fsp3) is 0.900. The number of nitrogens with one attached hydrogen (secondary N) is 1. The zero-order valence-electron chi connectivity index (χ0n) is 8.42. The normalized spacial score (nSPS) is 30.1. The van der Waals surface area contributed by atoms with E-state index in [-0.39, 0.29) is 17.9 Å². The summed E-state index contributed by atoms with van der Waals surface area (Å²) in [6.07, 6.45) is 3.11. The van der Waals surface area contributed by atoms with Crippen molar-refractivity contribution in [3.8, 4) is 0 Å². The predicted molar refractivity (Wildman–Crippen MR) is 51.2 cm³/mol. The van der Waals surface area contributed by atoms with E-state index in [1.165, 1.54) is 0 Å². The molecule has 0 aromatic rings.